The Labute approximate surface area is 137 Å². The standard InChI is InChI=1S/C17H26N4O2/c1-13-19-15(17(22)18-12-14-7-6-10-23-14)11-16(20-13)21-8-4-2-3-5-9-21/h11,14H,2-10,12H2,1H3,(H,18,22). The number of carbonyl (C=O) groups is 1. The van der Waals surface area contributed by atoms with Crippen LogP contribution in [0.15, 0.2) is 6.07 Å². The molecule has 126 valence electrons. The Morgan fingerprint density at radius 3 is 2.74 bits per heavy atom. The summed E-state index contributed by atoms with van der Waals surface area (Å²) in [4.78, 5) is 23.5. The van der Waals surface area contributed by atoms with Crippen LogP contribution < -0.4 is 10.2 Å². The van der Waals surface area contributed by atoms with Crippen LogP contribution in [0.3, 0.4) is 0 Å². The second-order valence-corrected chi connectivity index (χ2v) is 6.40. The van der Waals surface area contributed by atoms with E-state index in [1.165, 1.54) is 25.7 Å². The molecule has 0 spiro atoms. The van der Waals surface area contributed by atoms with E-state index < -0.39 is 0 Å². The molecule has 6 nitrogen and oxygen atoms in total. The highest BCUT2D eigenvalue weighted by Crippen LogP contribution is 2.18. The molecular weight excluding hydrogens is 292 g/mol. The van der Waals surface area contributed by atoms with Gasteiger partial charge in [0, 0.05) is 32.3 Å². The van der Waals surface area contributed by atoms with Crippen LogP contribution in [0.5, 0.6) is 0 Å². The first-order valence-corrected chi connectivity index (χ1v) is 8.73. The lowest BCUT2D eigenvalue weighted by atomic mass is 10.2. The van der Waals surface area contributed by atoms with E-state index >= 15 is 0 Å². The number of nitrogens with one attached hydrogen (secondary N) is 1. The summed E-state index contributed by atoms with van der Waals surface area (Å²) in [6.07, 6.45) is 7.15. The Bertz CT molecular complexity index is 535. The van der Waals surface area contributed by atoms with Gasteiger partial charge in [-0.3, -0.25) is 4.79 Å². The average Bonchev–Trinajstić information content (AvgIpc) is 2.92. The van der Waals surface area contributed by atoms with E-state index in [0.717, 1.165) is 38.4 Å². The molecule has 0 aromatic carbocycles. The zero-order valence-electron chi connectivity index (χ0n) is 13.9. The first-order valence-electron chi connectivity index (χ1n) is 8.73. The quantitative estimate of drug-likeness (QED) is 0.920. The number of ether oxygens (including phenoxy) is 1. The van der Waals surface area contributed by atoms with Gasteiger partial charge in [-0.25, -0.2) is 9.97 Å². The summed E-state index contributed by atoms with van der Waals surface area (Å²) in [5.41, 5.74) is 0.453. The summed E-state index contributed by atoms with van der Waals surface area (Å²) in [6, 6.07) is 1.82. The minimum Gasteiger partial charge on any atom is -0.376 e. The number of anilines is 1. The maximum atomic E-state index is 12.4. The molecule has 3 rings (SSSR count). The molecule has 1 aromatic heterocycles. The van der Waals surface area contributed by atoms with Crippen LogP contribution in [0, 0.1) is 6.92 Å². The third-order valence-electron chi connectivity index (χ3n) is 4.50. The van der Waals surface area contributed by atoms with Gasteiger partial charge < -0.3 is 15.0 Å². The van der Waals surface area contributed by atoms with Crippen LogP contribution in [-0.2, 0) is 4.74 Å². The van der Waals surface area contributed by atoms with E-state index in [4.69, 9.17) is 4.74 Å². The lowest BCUT2D eigenvalue weighted by Crippen LogP contribution is -2.33. The van der Waals surface area contributed by atoms with Crippen molar-refractivity contribution in [3.63, 3.8) is 0 Å². The summed E-state index contributed by atoms with van der Waals surface area (Å²) in [5, 5.41) is 2.94. The van der Waals surface area contributed by atoms with Gasteiger partial charge in [0.05, 0.1) is 6.10 Å². The molecule has 2 saturated heterocycles. The van der Waals surface area contributed by atoms with E-state index in [1.807, 2.05) is 13.0 Å². The minimum absolute atomic E-state index is 0.137. The van der Waals surface area contributed by atoms with E-state index in [1.54, 1.807) is 0 Å². The molecule has 1 N–H and O–H groups in total. The number of hydrogen-bond donors (Lipinski definition) is 1. The largest absolute Gasteiger partial charge is 0.376 e. The highest BCUT2D eigenvalue weighted by Gasteiger charge is 2.19. The molecule has 1 aromatic rings. The van der Waals surface area contributed by atoms with Gasteiger partial charge in [0.25, 0.3) is 5.91 Å². The summed E-state index contributed by atoms with van der Waals surface area (Å²) in [5.74, 6) is 1.39. The predicted molar refractivity (Wildman–Crippen MR) is 88.8 cm³/mol. The fourth-order valence-corrected chi connectivity index (χ4v) is 3.23. The fraction of sp³-hybridized carbons (Fsp3) is 0.706. The Morgan fingerprint density at radius 1 is 1.26 bits per heavy atom. The van der Waals surface area contributed by atoms with Crippen LogP contribution in [0.2, 0.25) is 0 Å². The van der Waals surface area contributed by atoms with E-state index in [2.05, 4.69) is 20.2 Å². The van der Waals surface area contributed by atoms with Gasteiger partial charge >= 0.3 is 0 Å². The first kappa shape index (κ1) is 16.2. The number of nitrogens with zero attached hydrogens (tertiary/aromatic N) is 3. The minimum atomic E-state index is -0.137. The molecule has 6 heteroatoms. The Balaban J connectivity index is 1.67. The van der Waals surface area contributed by atoms with Gasteiger partial charge in [0.1, 0.15) is 17.3 Å². The molecule has 0 aliphatic carbocycles. The molecule has 2 fully saturated rings. The van der Waals surface area contributed by atoms with Gasteiger partial charge in [-0.15, -0.1) is 0 Å². The molecular formula is C17H26N4O2. The van der Waals surface area contributed by atoms with Crippen molar-refractivity contribution >= 4 is 11.7 Å². The van der Waals surface area contributed by atoms with Gasteiger partial charge in [-0.05, 0) is 32.6 Å². The third-order valence-corrected chi connectivity index (χ3v) is 4.50. The van der Waals surface area contributed by atoms with Crippen molar-refractivity contribution in [3.8, 4) is 0 Å². The molecule has 0 radical (unpaired) electrons. The maximum absolute atomic E-state index is 12.4. The topological polar surface area (TPSA) is 67.3 Å². The monoisotopic (exact) mass is 318 g/mol. The summed E-state index contributed by atoms with van der Waals surface area (Å²) < 4.78 is 5.54. The first-order chi connectivity index (χ1) is 11.2. The van der Waals surface area contributed by atoms with Gasteiger partial charge in [-0.2, -0.15) is 0 Å². The second-order valence-electron chi connectivity index (χ2n) is 6.40. The predicted octanol–water partition coefficient (Wildman–Crippen LogP) is 2.07. The van der Waals surface area contributed by atoms with Crippen molar-refractivity contribution in [1.82, 2.24) is 15.3 Å². The number of carbonyl (C=O) groups excluding carboxylic acids is 1. The lowest BCUT2D eigenvalue weighted by molar-refractivity contribution is 0.0853. The summed E-state index contributed by atoms with van der Waals surface area (Å²) in [7, 11) is 0. The van der Waals surface area contributed by atoms with Gasteiger partial charge in [-0.1, -0.05) is 12.8 Å². The van der Waals surface area contributed by atoms with Crippen molar-refractivity contribution in [3.05, 3.63) is 17.6 Å². The fourth-order valence-electron chi connectivity index (χ4n) is 3.23. The molecule has 1 amide bonds. The Morgan fingerprint density at radius 2 is 2.04 bits per heavy atom. The SMILES string of the molecule is Cc1nc(C(=O)NCC2CCCO2)cc(N2CCCCCC2)n1. The molecule has 0 saturated carbocycles. The second kappa shape index (κ2) is 7.73. The number of amides is 1. The Hall–Kier alpha value is -1.69. The van der Waals surface area contributed by atoms with Crippen LogP contribution >= 0.6 is 0 Å². The summed E-state index contributed by atoms with van der Waals surface area (Å²) >= 11 is 0. The van der Waals surface area contributed by atoms with Crippen molar-refractivity contribution in [2.75, 3.05) is 31.1 Å². The zero-order chi connectivity index (χ0) is 16.1. The smallest absolute Gasteiger partial charge is 0.270 e. The maximum Gasteiger partial charge on any atom is 0.270 e. The van der Waals surface area contributed by atoms with Crippen LogP contribution in [0.25, 0.3) is 0 Å². The molecule has 0 bridgehead atoms. The normalized spacial score (nSPS) is 22.0. The van der Waals surface area contributed by atoms with Crippen LogP contribution in [0.4, 0.5) is 5.82 Å². The van der Waals surface area contributed by atoms with Crippen molar-refractivity contribution in [1.29, 1.82) is 0 Å². The van der Waals surface area contributed by atoms with Crippen molar-refractivity contribution in [2.45, 2.75) is 51.6 Å². The molecule has 2 aliphatic heterocycles. The van der Waals surface area contributed by atoms with E-state index in [0.29, 0.717) is 18.1 Å². The molecule has 2 aliphatic rings. The number of rotatable bonds is 4. The number of hydrogen-bond acceptors (Lipinski definition) is 5. The van der Waals surface area contributed by atoms with Crippen molar-refractivity contribution < 1.29 is 9.53 Å². The molecule has 1 atom stereocenters. The molecule has 23 heavy (non-hydrogen) atoms. The lowest BCUT2D eigenvalue weighted by Gasteiger charge is -2.22. The van der Waals surface area contributed by atoms with Gasteiger partial charge in [0.15, 0.2) is 0 Å². The number of aryl methyl sites for hydroxylation is 1. The summed E-state index contributed by atoms with van der Waals surface area (Å²) in [6.45, 7) is 5.21. The third kappa shape index (κ3) is 4.41. The van der Waals surface area contributed by atoms with Crippen LogP contribution in [0.1, 0.15) is 54.8 Å². The van der Waals surface area contributed by atoms with Gasteiger partial charge in [0.2, 0.25) is 0 Å². The zero-order valence-corrected chi connectivity index (χ0v) is 13.9. The van der Waals surface area contributed by atoms with E-state index in [9.17, 15) is 4.79 Å². The highest BCUT2D eigenvalue weighted by atomic mass is 16.5. The van der Waals surface area contributed by atoms with E-state index in [-0.39, 0.29) is 12.0 Å². The average molecular weight is 318 g/mol. The molecule has 3 heterocycles. The number of aromatic nitrogens is 2. The van der Waals surface area contributed by atoms with Crippen LogP contribution in [-0.4, -0.2) is 48.2 Å². The molecule has 1 unspecified atom stereocenters. The van der Waals surface area contributed by atoms with Crippen molar-refractivity contribution in [2.24, 2.45) is 0 Å². The highest BCUT2D eigenvalue weighted by molar-refractivity contribution is 5.93. The Kier molecular flexibility index (Phi) is 5.43.